The first kappa shape index (κ1) is 9.73. The van der Waals surface area contributed by atoms with Crippen LogP contribution in [0.2, 0.25) is 0 Å². The molecule has 7 unspecified atom stereocenters. The lowest BCUT2D eigenvalue weighted by Crippen LogP contribution is -2.71. The van der Waals surface area contributed by atoms with Crippen LogP contribution >= 0.6 is 0 Å². The molecule has 4 bridgehead atoms. The molecule has 7 atom stereocenters. The monoisotopic (exact) mass is 248 g/mol. The largest absolute Gasteiger partial charge is 0.322 e. The summed E-state index contributed by atoms with van der Waals surface area (Å²) in [7, 11) is 0. The van der Waals surface area contributed by atoms with Crippen LogP contribution in [0, 0.1) is 17.8 Å². The van der Waals surface area contributed by atoms with E-state index in [2.05, 4.69) is 0 Å². The molecule has 0 amide bonds. The third-order valence-electron chi connectivity index (χ3n) is 7.31. The van der Waals surface area contributed by atoms with Crippen LogP contribution < -0.4 is 0 Å². The highest BCUT2D eigenvalue weighted by molar-refractivity contribution is 5.28. The zero-order valence-electron chi connectivity index (χ0n) is 10.7. The molecule has 0 aromatic heterocycles. The van der Waals surface area contributed by atoms with Gasteiger partial charge in [-0.1, -0.05) is 12.8 Å². The second kappa shape index (κ2) is 2.55. The van der Waals surface area contributed by atoms with Crippen LogP contribution in [0.1, 0.15) is 51.4 Å². The molecule has 0 N–H and O–H groups in total. The Morgan fingerprint density at radius 3 is 2.83 bits per heavy atom. The zero-order chi connectivity index (χ0) is 11.6. The van der Waals surface area contributed by atoms with Crippen LogP contribution in [0.5, 0.6) is 0 Å². The van der Waals surface area contributed by atoms with Crippen molar-refractivity contribution in [3.8, 4) is 0 Å². The van der Waals surface area contributed by atoms with E-state index < -0.39 is 0 Å². The molecule has 2 heterocycles. The lowest BCUT2D eigenvalue weighted by molar-refractivity contribution is -0.362. The standard InChI is InChI=1S/C15H20O3/c1-2-4-15-11-6-9-5-10-8-13(15,3-1)16-12(18-15)17-14(10,11)7-9/h9-12H,1-8H2. The third kappa shape index (κ3) is 0.741. The van der Waals surface area contributed by atoms with E-state index in [-0.39, 0.29) is 23.3 Å². The van der Waals surface area contributed by atoms with Crippen molar-refractivity contribution in [2.24, 2.45) is 17.8 Å². The summed E-state index contributed by atoms with van der Waals surface area (Å²) in [5, 5.41) is 0. The second-order valence-corrected chi connectivity index (χ2v) is 7.68. The van der Waals surface area contributed by atoms with Gasteiger partial charge in [0.1, 0.15) is 11.2 Å². The molecule has 0 aromatic carbocycles. The van der Waals surface area contributed by atoms with E-state index in [0.717, 1.165) is 11.8 Å². The maximum absolute atomic E-state index is 6.37. The molecule has 3 nitrogen and oxygen atoms in total. The molecule has 2 spiro atoms. The molecule has 98 valence electrons. The van der Waals surface area contributed by atoms with Gasteiger partial charge in [0.05, 0.1) is 5.60 Å². The van der Waals surface area contributed by atoms with Gasteiger partial charge in [-0.2, -0.15) is 0 Å². The van der Waals surface area contributed by atoms with Crippen LogP contribution in [-0.4, -0.2) is 23.3 Å². The van der Waals surface area contributed by atoms with E-state index in [1.165, 1.54) is 51.4 Å². The topological polar surface area (TPSA) is 27.7 Å². The summed E-state index contributed by atoms with van der Waals surface area (Å²) in [5.41, 5.74) is 0.227. The van der Waals surface area contributed by atoms with Crippen molar-refractivity contribution in [1.29, 1.82) is 0 Å². The molecule has 0 aromatic rings. The SMILES string of the molecule is C1CCC23OC4OC56CC(CC5CC2(C1)O4)CC63. The summed E-state index contributed by atoms with van der Waals surface area (Å²) in [5.74, 6) is 2.32. The van der Waals surface area contributed by atoms with Gasteiger partial charge in [-0.05, 0) is 50.4 Å². The highest BCUT2D eigenvalue weighted by Gasteiger charge is 2.82. The molecular formula is C15H20O3. The summed E-state index contributed by atoms with van der Waals surface area (Å²) in [4.78, 5) is 0. The number of hydrogen-bond acceptors (Lipinski definition) is 3. The van der Waals surface area contributed by atoms with Gasteiger partial charge >= 0.3 is 0 Å². The average Bonchev–Trinajstić information content (AvgIpc) is 2.90. The zero-order valence-corrected chi connectivity index (χ0v) is 10.7. The number of fused-ring (bicyclic) bond motifs is 2. The first-order valence-electron chi connectivity index (χ1n) is 7.80. The highest BCUT2D eigenvalue weighted by Crippen LogP contribution is 2.75. The van der Waals surface area contributed by atoms with Crippen molar-refractivity contribution >= 4 is 0 Å². The smallest absolute Gasteiger partial charge is 0.273 e. The minimum atomic E-state index is -0.332. The first-order valence-corrected chi connectivity index (χ1v) is 7.80. The summed E-state index contributed by atoms with van der Waals surface area (Å²) in [6.07, 6.45) is 10.3. The third-order valence-corrected chi connectivity index (χ3v) is 7.31. The minimum Gasteiger partial charge on any atom is -0.322 e. The molecule has 6 fully saturated rings. The van der Waals surface area contributed by atoms with E-state index >= 15 is 0 Å². The van der Waals surface area contributed by atoms with Crippen molar-refractivity contribution in [2.45, 2.75) is 74.6 Å². The van der Waals surface area contributed by atoms with Crippen molar-refractivity contribution in [3.05, 3.63) is 0 Å². The van der Waals surface area contributed by atoms with Gasteiger partial charge in [0.2, 0.25) is 0 Å². The maximum atomic E-state index is 6.37. The minimum absolute atomic E-state index is 0.0283. The van der Waals surface area contributed by atoms with Gasteiger partial charge in [-0.3, -0.25) is 0 Å². The molecule has 18 heavy (non-hydrogen) atoms. The molecule has 6 rings (SSSR count). The summed E-state index contributed by atoms with van der Waals surface area (Å²) >= 11 is 0. The van der Waals surface area contributed by atoms with E-state index in [0.29, 0.717) is 5.92 Å². The summed E-state index contributed by atoms with van der Waals surface area (Å²) in [6.45, 7) is -0.332. The van der Waals surface area contributed by atoms with Gasteiger partial charge in [0.15, 0.2) is 0 Å². The second-order valence-electron chi connectivity index (χ2n) is 7.68. The van der Waals surface area contributed by atoms with Crippen LogP contribution in [-0.2, 0) is 14.2 Å². The van der Waals surface area contributed by atoms with Crippen molar-refractivity contribution in [1.82, 2.24) is 0 Å². The van der Waals surface area contributed by atoms with Gasteiger partial charge in [0.25, 0.3) is 6.48 Å². The highest BCUT2D eigenvalue weighted by atomic mass is 16.9. The van der Waals surface area contributed by atoms with Crippen molar-refractivity contribution in [3.63, 3.8) is 0 Å². The predicted octanol–water partition coefficient (Wildman–Crippen LogP) is 2.59. The van der Waals surface area contributed by atoms with Gasteiger partial charge in [-0.25, -0.2) is 0 Å². The molecule has 6 aliphatic rings. The predicted molar refractivity (Wildman–Crippen MR) is 62.6 cm³/mol. The van der Waals surface area contributed by atoms with Crippen molar-refractivity contribution in [2.75, 3.05) is 0 Å². The van der Waals surface area contributed by atoms with Gasteiger partial charge in [-0.15, -0.1) is 0 Å². The number of ether oxygens (including phenoxy) is 3. The van der Waals surface area contributed by atoms with E-state index in [4.69, 9.17) is 14.2 Å². The quantitative estimate of drug-likeness (QED) is 0.659. The molecule has 4 saturated carbocycles. The maximum Gasteiger partial charge on any atom is 0.273 e. The van der Waals surface area contributed by atoms with Crippen LogP contribution in [0.3, 0.4) is 0 Å². The Morgan fingerprint density at radius 1 is 0.889 bits per heavy atom. The van der Waals surface area contributed by atoms with Gasteiger partial charge in [0, 0.05) is 5.92 Å². The van der Waals surface area contributed by atoms with Gasteiger partial charge < -0.3 is 14.2 Å². The molecular weight excluding hydrogens is 228 g/mol. The summed E-state index contributed by atoms with van der Waals surface area (Å²) < 4.78 is 19.1. The Labute approximate surface area is 107 Å². The molecule has 0 radical (unpaired) electrons. The molecule has 4 aliphatic carbocycles. The lowest BCUT2D eigenvalue weighted by atomic mass is 9.51. The Hall–Kier alpha value is -0.120. The molecule has 2 aliphatic heterocycles. The first-order chi connectivity index (χ1) is 8.77. The fraction of sp³-hybridized carbons (Fsp3) is 1.00. The number of rotatable bonds is 0. The Kier molecular flexibility index (Phi) is 1.38. The fourth-order valence-electron chi connectivity index (χ4n) is 6.97. The van der Waals surface area contributed by atoms with Crippen LogP contribution in [0.15, 0.2) is 0 Å². The fourth-order valence-corrected chi connectivity index (χ4v) is 6.97. The average molecular weight is 248 g/mol. The van der Waals surface area contributed by atoms with Crippen molar-refractivity contribution < 1.29 is 14.2 Å². The number of hydrogen-bond donors (Lipinski definition) is 0. The Bertz CT molecular complexity index is 449. The van der Waals surface area contributed by atoms with E-state index in [1.54, 1.807) is 0 Å². The van der Waals surface area contributed by atoms with E-state index in [9.17, 15) is 0 Å². The summed E-state index contributed by atoms with van der Waals surface area (Å²) in [6, 6.07) is 0. The van der Waals surface area contributed by atoms with Crippen LogP contribution in [0.25, 0.3) is 0 Å². The normalized spacial score (nSPS) is 70.7. The van der Waals surface area contributed by atoms with E-state index in [1.807, 2.05) is 0 Å². The molecule has 3 heteroatoms. The Balaban J connectivity index is 1.64. The Morgan fingerprint density at radius 2 is 1.83 bits per heavy atom. The molecule has 2 saturated heterocycles. The van der Waals surface area contributed by atoms with Crippen LogP contribution in [0.4, 0.5) is 0 Å². The lowest BCUT2D eigenvalue weighted by Gasteiger charge is -2.62.